The maximum atomic E-state index is 12.9. The number of ether oxygens (including phenoxy) is 2. The van der Waals surface area contributed by atoms with Crippen LogP contribution >= 0.6 is 0 Å². The lowest BCUT2D eigenvalue weighted by Crippen LogP contribution is -2.28. The highest BCUT2D eigenvalue weighted by Crippen LogP contribution is 2.38. The molecule has 1 atom stereocenters. The van der Waals surface area contributed by atoms with E-state index in [4.69, 9.17) is 13.9 Å². The highest BCUT2D eigenvalue weighted by atomic mass is 16.5. The molecule has 1 amide bonds. The zero-order chi connectivity index (χ0) is 19.6. The average molecular weight is 390 g/mol. The summed E-state index contributed by atoms with van der Waals surface area (Å²) in [5.41, 5.74) is 2.58. The van der Waals surface area contributed by atoms with Gasteiger partial charge in [0.25, 0.3) is 0 Å². The predicted octanol–water partition coefficient (Wildman–Crippen LogP) is 4.37. The summed E-state index contributed by atoms with van der Waals surface area (Å²) in [5.74, 6) is 1.94. The molecule has 0 spiro atoms. The van der Waals surface area contributed by atoms with E-state index in [0.717, 1.165) is 48.4 Å². The normalized spacial score (nSPS) is 19.0. The number of para-hydroxylation sites is 2. The minimum Gasteiger partial charge on any atom is -0.490 e. The summed E-state index contributed by atoms with van der Waals surface area (Å²) in [7, 11) is 0. The summed E-state index contributed by atoms with van der Waals surface area (Å²) in [6, 6.07) is 13.6. The molecule has 1 saturated heterocycles. The molecule has 6 heteroatoms. The van der Waals surface area contributed by atoms with Crippen LogP contribution in [0.25, 0.3) is 17.2 Å². The molecule has 0 saturated carbocycles. The molecule has 5 rings (SSSR count). The first-order valence-electron chi connectivity index (χ1n) is 10.0. The molecule has 6 nitrogen and oxygen atoms in total. The molecule has 2 aliphatic heterocycles. The van der Waals surface area contributed by atoms with Gasteiger partial charge in [-0.25, -0.2) is 4.98 Å². The van der Waals surface area contributed by atoms with Crippen molar-refractivity contribution in [2.75, 3.05) is 19.8 Å². The van der Waals surface area contributed by atoms with Crippen LogP contribution in [0.4, 0.5) is 0 Å². The second kappa shape index (κ2) is 7.62. The number of hydrogen-bond donors (Lipinski definition) is 0. The topological polar surface area (TPSA) is 64.8 Å². The Hall–Kier alpha value is -3.28. The van der Waals surface area contributed by atoms with Gasteiger partial charge in [0.2, 0.25) is 11.8 Å². The monoisotopic (exact) mass is 390 g/mol. The maximum absolute atomic E-state index is 12.9. The van der Waals surface area contributed by atoms with Crippen LogP contribution in [-0.2, 0) is 4.79 Å². The van der Waals surface area contributed by atoms with Crippen LogP contribution < -0.4 is 9.47 Å². The van der Waals surface area contributed by atoms with E-state index in [1.54, 1.807) is 12.2 Å². The number of nitrogens with zero attached hydrogens (tertiary/aromatic N) is 2. The van der Waals surface area contributed by atoms with Crippen LogP contribution in [0.15, 0.2) is 53.0 Å². The molecule has 1 unspecified atom stereocenters. The Morgan fingerprint density at radius 2 is 1.93 bits per heavy atom. The summed E-state index contributed by atoms with van der Waals surface area (Å²) >= 11 is 0. The lowest BCUT2D eigenvalue weighted by atomic mass is 10.0. The van der Waals surface area contributed by atoms with Gasteiger partial charge < -0.3 is 18.8 Å². The van der Waals surface area contributed by atoms with Gasteiger partial charge in [-0.3, -0.25) is 4.79 Å². The van der Waals surface area contributed by atoms with Crippen molar-refractivity contribution in [2.24, 2.45) is 0 Å². The van der Waals surface area contributed by atoms with Crippen molar-refractivity contribution in [3.8, 4) is 11.5 Å². The van der Waals surface area contributed by atoms with Gasteiger partial charge in [-0.05, 0) is 42.7 Å². The number of rotatable bonds is 3. The average Bonchev–Trinajstić information content (AvgIpc) is 3.33. The molecule has 2 aromatic carbocycles. The number of aromatic nitrogens is 1. The summed E-state index contributed by atoms with van der Waals surface area (Å²) in [4.78, 5) is 19.2. The van der Waals surface area contributed by atoms with Gasteiger partial charge in [0.05, 0.1) is 19.3 Å². The number of oxazole rings is 1. The van der Waals surface area contributed by atoms with Gasteiger partial charge in [-0.2, -0.15) is 0 Å². The molecular weight excluding hydrogens is 368 g/mol. The van der Waals surface area contributed by atoms with E-state index >= 15 is 0 Å². The number of carbonyl (C=O) groups is 1. The highest BCUT2D eigenvalue weighted by molar-refractivity contribution is 5.92. The van der Waals surface area contributed by atoms with Crippen molar-refractivity contribution < 1.29 is 18.7 Å². The standard InChI is InChI=1S/C23H22N2O4/c26-23(11-10-22-24-17-5-1-2-7-19(17)29-22)25-12-3-6-18(25)16-8-9-20-21(15-16)28-14-4-13-27-20/h1-2,5,7-11,15,18H,3-4,6,12-14H2. The largest absolute Gasteiger partial charge is 0.490 e. The Bertz CT molecular complexity index is 1040. The van der Waals surface area contributed by atoms with E-state index in [1.807, 2.05) is 47.4 Å². The van der Waals surface area contributed by atoms with Crippen LogP contribution in [0.2, 0.25) is 0 Å². The van der Waals surface area contributed by atoms with Crippen molar-refractivity contribution in [2.45, 2.75) is 25.3 Å². The molecule has 0 radical (unpaired) electrons. The van der Waals surface area contributed by atoms with Gasteiger partial charge in [-0.15, -0.1) is 0 Å². The van der Waals surface area contributed by atoms with Crippen molar-refractivity contribution in [1.29, 1.82) is 0 Å². The van der Waals surface area contributed by atoms with Crippen molar-refractivity contribution in [3.63, 3.8) is 0 Å². The zero-order valence-electron chi connectivity index (χ0n) is 16.0. The quantitative estimate of drug-likeness (QED) is 0.622. The molecular formula is C23H22N2O4. The van der Waals surface area contributed by atoms with Gasteiger partial charge in [0.1, 0.15) is 5.52 Å². The van der Waals surface area contributed by atoms with Gasteiger partial charge in [0.15, 0.2) is 17.1 Å². The Morgan fingerprint density at radius 1 is 1.07 bits per heavy atom. The first-order valence-corrected chi connectivity index (χ1v) is 10.0. The molecule has 0 N–H and O–H groups in total. The lowest BCUT2D eigenvalue weighted by Gasteiger charge is -2.24. The van der Waals surface area contributed by atoms with Crippen LogP contribution in [0.5, 0.6) is 11.5 Å². The Balaban J connectivity index is 1.34. The molecule has 3 aromatic rings. The Labute approximate surface area is 168 Å². The van der Waals surface area contributed by atoms with Crippen LogP contribution in [0.3, 0.4) is 0 Å². The Morgan fingerprint density at radius 3 is 2.83 bits per heavy atom. The first-order chi connectivity index (χ1) is 14.3. The lowest BCUT2D eigenvalue weighted by molar-refractivity contribution is -0.126. The van der Waals surface area contributed by atoms with E-state index < -0.39 is 0 Å². The molecule has 1 aromatic heterocycles. The van der Waals surface area contributed by atoms with Gasteiger partial charge in [0, 0.05) is 25.1 Å². The van der Waals surface area contributed by atoms with Crippen LogP contribution in [-0.4, -0.2) is 35.5 Å². The fraction of sp³-hybridized carbons (Fsp3) is 0.304. The maximum Gasteiger partial charge on any atom is 0.247 e. The van der Waals surface area contributed by atoms with E-state index in [2.05, 4.69) is 4.98 Å². The van der Waals surface area contributed by atoms with Gasteiger partial charge in [-0.1, -0.05) is 18.2 Å². The second-order valence-corrected chi connectivity index (χ2v) is 7.30. The third-order valence-corrected chi connectivity index (χ3v) is 5.37. The van der Waals surface area contributed by atoms with E-state index in [9.17, 15) is 4.79 Å². The van der Waals surface area contributed by atoms with E-state index in [1.165, 1.54) is 0 Å². The number of hydrogen-bond acceptors (Lipinski definition) is 5. The van der Waals surface area contributed by atoms with Gasteiger partial charge >= 0.3 is 0 Å². The summed E-state index contributed by atoms with van der Waals surface area (Å²) < 4.78 is 17.2. The first kappa shape index (κ1) is 17.8. The fourth-order valence-electron chi connectivity index (χ4n) is 3.96. The molecule has 148 valence electrons. The predicted molar refractivity (Wildman–Crippen MR) is 109 cm³/mol. The third-order valence-electron chi connectivity index (χ3n) is 5.37. The zero-order valence-corrected chi connectivity index (χ0v) is 16.0. The minimum atomic E-state index is -0.0399. The van der Waals surface area contributed by atoms with E-state index in [-0.39, 0.29) is 11.9 Å². The van der Waals surface area contributed by atoms with Crippen molar-refractivity contribution in [1.82, 2.24) is 9.88 Å². The van der Waals surface area contributed by atoms with Crippen LogP contribution in [0.1, 0.15) is 36.8 Å². The smallest absolute Gasteiger partial charge is 0.247 e. The number of benzene rings is 2. The molecule has 3 heterocycles. The van der Waals surface area contributed by atoms with E-state index in [0.29, 0.717) is 24.7 Å². The molecule has 1 fully saturated rings. The summed E-state index contributed by atoms with van der Waals surface area (Å²) in [6.45, 7) is 2.05. The summed E-state index contributed by atoms with van der Waals surface area (Å²) in [5, 5.41) is 0. The van der Waals surface area contributed by atoms with Crippen molar-refractivity contribution in [3.05, 3.63) is 60.0 Å². The van der Waals surface area contributed by atoms with Crippen LogP contribution in [0, 0.1) is 0 Å². The third kappa shape index (κ3) is 3.58. The SMILES string of the molecule is O=C(C=Cc1nc2ccccc2o1)N1CCCC1c1ccc2c(c1)OCCCO2. The molecule has 0 bridgehead atoms. The molecule has 0 aliphatic carbocycles. The fourth-order valence-corrected chi connectivity index (χ4v) is 3.96. The highest BCUT2D eigenvalue weighted by Gasteiger charge is 2.29. The molecule has 29 heavy (non-hydrogen) atoms. The Kier molecular flexibility index (Phi) is 4.68. The number of amides is 1. The minimum absolute atomic E-state index is 0.0351. The molecule has 2 aliphatic rings. The number of likely N-dealkylation sites (tertiary alicyclic amines) is 1. The number of carbonyl (C=O) groups excluding carboxylic acids is 1. The second-order valence-electron chi connectivity index (χ2n) is 7.30. The summed E-state index contributed by atoms with van der Waals surface area (Å²) in [6.07, 6.45) is 5.97. The number of fused-ring (bicyclic) bond motifs is 2. The van der Waals surface area contributed by atoms with Crippen molar-refractivity contribution >= 4 is 23.1 Å².